The normalized spacial score (nSPS) is 22.9. The van der Waals surface area contributed by atoms with Crippen molar-refractivity contribution in [3.05, 3.63) is 41.5 Å². The predicted octanol–water partition coefficient (Wildman–Crippen LogP) is 1.08. The molecular formula is C17H20N4O3. The second-order valence-electron chi connectivity index (χ2n) is 6.43. The fraction of sp³-hybridized carbons (Fsp3) is 0.471. The molecule has 1 N–H and O–H groups in total. The predicted molar refractivity (Wildman–Crippen MR) is 86.5 cm³/mol. The van der Waals surface area contributed by atoms with Crippen molar-refractivity contribution in [2.75, 3.05) is 24.5 Å². The smallest absolute Gasteiger partial charge is 0.249 e. The quantitative estimate of drug-likeness (QED) is 0.908. The Balaban J connectivity index is 1.51. The van der Waals surface area contributed by atoms with Crippen LogP contribution in [0.5, 0.6) is 0 Å². The zero-order chi connectivity index (χ0) is 16.7. The van der Waals surface area contributed by atoms with Crippen molar-refractivity contribution in [2.45, 2.75) is 31.9 Å². The second-order valence-corrected chi connectivity index (χ2v) is 6.43. The fourth-order valence-corrected chi connectivity index (χ4v) is 3.60. The minimum atomic E-state index is -0.558. The molecule has 1 aromatic carbocycles. The molecule has 0 unspecified atom stereocenters. The lowest BCUT2D eigenvalue weighted by molar-refractivity contribution is -0.131. The summed E-state index contributed by atoms with van der Waals surface area (Å²) >= 11 is 0. The third-order valence-electron chi connectivity index (χ3n) is 4.74. The number of aryl methyl sites for hydroxylation is 1. The SMILES string of the molecule is Cc1noc([C@H]2C[C@H](O)CN2C(=O)CN2CCc3ccccc32)n1. The van der Waals surface area contributed by atoms with Crippen LogP contribution in [0.2, 0.25) is 0 Å². The van der Waals surface area contributed by atoms with Crippen LogP contribution in [0.4, 0.5) is 5.69 Å². The number of rotatable bonds is 3. The van der Waals surface area contributed by atoms with Gasteiger partial charge in [-0.3, -0.25) is 4.79 Å². The molecule has 1 amide bonds. The number of likely N-dealkylation sites (tertiary alicyclic amines) is 1. The lowest BCUT2D eigenvalue weighted by Gasteiger charge is -2.26. The Hall–Kier alpha value is -2.41. The van der Waals surface area contributed by atoms with Gasteiger partial charge in [-0.15, -0.1) is 0 Å². The van der Waals surface area contributed by atoms with E-state index in [1.807, 2.05) is 18.2 Å². The number of hydrogen-bond donors (Lipinski definition) is 1. The monoisotopic (exact) mass is 328 g/mol. The molecule has 0 saturated carbocycles. The van der Waals surface area contributed by atoms with Gasteiger partial charge >= 0.3 is 0 Å². The van der Waals surface area contributed by atoms with Crippen LogP contribution in [0.25, 0.3) is 0 Å². The molecule has 2 atom stereocenters. The maximum absolute atomic E-state index is 12.8. The molecule has 1 saturated heterocycles. The molecule has 1 aromatic heterocycles. The van der Waals surface area contributed by atoms with E-state index < -0.39 is 6.10 Å². The van der Waals surface area contributed by atoms with E-state index >= 15 is 0 Å². The summed E-state index contributed by atoms with van der Waals surface area (Å²) in [4.78, 5) is 20.8. The Morgan fingerprint density at radius 2 is 2.25 bits per heavy atom. The molecule has 24 heavy (non-hydrogen) atoms. The number of β-amino-alcohol motifs (C(OH)–C–C–N with tert-alkyl or cyclic N) is 1. The number of para-hydroxylation sites is 1. The van der Waals surface area contributed by atoms with Crippen molar-refractivity contribution in [1.29, 1.82) is 0 Å². The summed E-state index contributed by atoms with van der Waals surface area (Å²) in [6.07, 6.45) is 0.833. The van der Waals surface area contributed by atoms with Gasteiger partial charge in [0.15, 0.2) is 5.82 Å². The molecule has 4 rings (SSSR count). The molecule has 0 bridgehead atoms. The maximum atomic E-state index is 12.8. The molecule has 2 aliphatic heterocycles. The van der Waals surface area contributed by atoms with E-state index in [2.05, 4.69) is 21.1 Å². The summed E-state index contributed by atoms with van der Waals surface area (Å²) in [5, 5.41) is 13.8. The van der Waals surface area contributed by atoms with Crippen LogP contribution in [0, 0.1) is 6.92 Å². The highest BCUT2D eigenvalue weighted by molar-refractivity contribution is 5.83. The van der Waals surface area contributed by atoms with Gasteiger partial charge in [0, 0.05) is 25.2 Å². The fourth-order valence-electron chi connectivity index (χ4n) is 3.60. The van der Waals surface area contributed by atoms with Crippen molar-refractivity contribution in [1.82, 2.24) is 15.0 Å². The largest absolute Gasteiger partial charge is 0.391 e. The Kier molecular flexibility index (Phi) is 3.72. The minimum Gasteiger partial charge on any atom is -0.391 e. The zero-order valence-corrected chi connectivity index (χ0v) is 13.6. The first kappa shape index (κ1) is 15.1. The highest BCUT2D eigenvalue weighted by Crippen LogP contribution is 2.32. The highest BCUT2D eigenvalue weighted by atomic mass is 16.5. The first-order valence-electron chi connectivity index (χ1n) is 8.22. The number of aliphatic hydroxyl groups excluding tert-OH is 1. The molecule has 0 spiro atoms. The standard InChI is InChI=1S/C17H20N4O3/c1-11-18-17(24-19-11)15-8-13(22)9-21(15)16(23)10-20-7-6-12-4-2-3-5-14(12)20/h2-5,13,15,22H,6-10H2,1H3/t13-,15+/m0/s1. The molecule has 0 aliphatic carbocycles. The number of aromatic nitrogens is 2. The van der Waals surface area contributed by atoms with Gasteiger partial charge in [-0.05, 0) is 25.0 Å². The number of amides is 1. The van der Waals surface area contributed by atoms with E-state index in [0.29, 0.717) is 31.2 Å². The summed E-state index contributed by atoms with van der Waals surface area (Å²) in [5.74, 6) is 0.913. The number of anilines is 1. The van der Waals surface area contributed by atoms with E-state index in [9.17, 15) is 9.90 Å². The van der Waals surface area contributed by atoms with Gasteiger partial charge in [-0.1, -0.05) is 23.4 Å². The first-order valence-corrected chi connectivity index (χ1v) is 8.22. The van der Waals surface area contributed by atoms with E-state index in [-0.39, 0.29) is 11.9 Å². The van der Waals surface area contributed by atoms with Crippen molar-refractivity contribution < 1.29 is 14.4 Å². The lowest BCUT2D eigenvalue weighted by Crippen LogP contribution is -2.40. The van der Waals surface area contributed by atoms with Crippen molar-refractivity contribution in [2.24, 2.45) is 0 Å². The van der Waals surface area contributed by atoms with E-state index in [1.165, 1.54) is 5.56 Å². The van der Waals surface area contributed by atoms with Crippen LogP contribution in [0.15, 0.2) is 28.8 Å². The van der Waals surface area contributed by atoms with Crippen LogP contribution in [-0.2, 0) is 11.2 Å². The Morgan fingerprint density at radius 3 is 3.04 bits per heavy atom. The van der Waals surface area contributed by atoms with Gasteiger partial charge in [0.2, 0.25) is 11.8 Å². The number of aliphatic hydroxyl groups is 1. The number of carbonyl (C=O) groups excluding carboxylic acids is 1. The van der Waals surface area contributed by atoms with E-state index in [4.69, 9.17) is 4.52 Å². The van der Waals surface area contributed by atoms with Crippen molar-refractivity contribution in [3.8, 4) is 0 Å². The van der Waals surface area contributed by atoms with Crippen molar-refractivity contribution >= 4 is 11.6 Å². The lowest BCUT2D eigenvalue weighted by atomic mass is 10.2. The molecular weight excluding hydrogens is 308 g/mol. The van der Waals surface area contributed by atoms with Crippen LogP contribution in [0.1, 0.15) is 29.7 Å². The summed E-state index contributed by atoms with van der Waals surface area (Å²) in [5.41, 5.74) is 2.40. The van der Waals surface area contributed by atoms with Gasteiger partial charge in [-0.25, -0.2) is 0 Å². The number of benzene rings is 1. The first-order chi connectivity index (χ1) is 11.6. The van der Waals surface area contributed by atoms with Gasteiger partial charge in [0.05, 0.1) is 12.6 Å². The van der Waals surface area contributed by atoms with Crippen LogP contribution in [-0.4, -0.2) is 51.8 Å². The Bertz CT molecular complexity index is 760. The zero-order valence-electron chi connectivity index (χ0n) is 13.6. The van der Waals surface area contributed by atoms with Gasteiger partial charge in [-0.2, -0.15) is 4.98 Å². The molecule has 7 nitrogen and oxygen atoms in total. The van der Waals surface area contributed by atoms with Crippen LogP contribution >= 0.6 is 0 Å². The third-order valence-corrected chi connectivity index (χ3v) is 4.74. The third kappa shape index (κ3) is 2.65. The molecule has 0 radical (unpaired) electrons. The summed E-state index contributed by atoms with van der Waals surface area (Å²) in [7, 11) is 0. The highest BCUT2D eigenvalue weighted by Gasteiger charge is 2.39. The molecule has 2 aromatic rings. The Morgan fingerprint density at radius 1 is 1.42 bits per heavy atom. The maximum Gasteiger partial charge on any atom is 0.249 e. The molecule has 7 heteroatoms. The molecule has 2 aliphatic rings. The van der Waals surface area contributed by atoms with Crippen LogP contribution < -0.4 is 4.90 Å². The van der Waals surface area contributed by atoms with Crippen LogP contribution in [0.3, 0.4) is 0 Å². The number of carbonyl (C=O) groups is 1. The minimum absolute atomic E-state index is 0.0240. The topological polar surface area (TPSA) is 82.7 Å². The summed E-state index contributed by atoms with van der Waals surface area (Å²) < 4.78 is 5.22. The molecule has 3 heterocycles. The molecule has 126 valence electrons. The second kappa shape index (κ2) is 5.90. The number of hydrogen-bond acceptors (Lipinski definition) is 6. The molecule has 1 fully saturated rings. The average Bonchev–Trinajstić information content (AvgIpc) is 3.26. The van der Waals surface area contributed by atoms with E-state index in [0.717, 1.165) is 18.7 Å². The van der Waals surface area contributed by atoms with Gasteiger partial charge in [0.25, 0.3) is 0 Å². The number of nitrogens with zero attached hydrogens (tertiary/aromatic N) is 4. The van der Waals surface area contributed by atoms with Gasteiger partial charge in [0.1, 0.15) is 6.04 Å². The summed E-state index contributed by atoms with van der Waals surface area (Å²) in [6, 6.07) is 7.82. The van der Waals surface area contributed by atoms with E-state index in [1.54, 1.807) is 11.8 Å². The average molecular weight is 328 g/mol. The van der Waals surface area contributed by atoms with Gasteiger partial charge < -0.3 is 19.4 Å². The summed E-state index contributed by atoms with van der Waals surface area (Å²) in [6.45, 7) is 3.19. The van der Waals surface area contributed by atoms with Crippen molar-refractivity contribution in [3.63, 3.8) is 0 Å². The number of fused-ring (bicyclic) bond motifs is 1. The Labute approximate surface area is 139 Å².